The third-order valence-electron chi connectivity index (χ3n) is 5.36. The van der Waals surface area contributed by atoms with E-state index in [-0.39, 0.29) is 11.4 Å². The maximum Gasteiger partial charge on any atom is 0.287 e. The van der Waals surface area contributed by atoms with Crippen molar-refractivity contribution in [2.24, 2.45) is 5.10 Å². The lowest BCUT2D eigenvalue weighted by molar-refractivity contribution is -0.384. The molecule has 0 atom stereocenters. The molecular formula is C29H23N5O4. The summed E-state index contributed by atoms with van der Waals surface area (Å²) in [4.78, 5) is 36.1. The number of amides is 2. The maximum absolute atomic E-state index is 12.9. The van der Waals surface area contributed by atoms with Crippen LogP contribution in [0.1, 0.15) is 21.6 Å². The molecule has 38 heavy (non-hydrogen) atoms. The van der Waals surface area contributed by atoms with E-state index in [2.05, 4.69) is 15.8 Å². The summed E-state index contributed by atoms with van der Waals surface area (Å²) in [6, 6.07) is 27.7. The summed E-state index contributed by atoms with van der Waals surface area (Å²) in [6.45, 7) is 0. The van der Waals surface area contributed by atoms with Gasteiger partial charge in [-0.15, -0.1) is 0 Å². The second-order valence-electron chi connectivity index (χ2n) is 7.95. The Kier molecular flexibility index (Phi) is 8.33. The number of carbonyl (C=O) groups is 2. The van der Waals surface area contributed by atoms with E-state index in [0.717, 1.165) is 5.56 Å². The van der Waals surface area contributed by atoms with Crippen LogP contribution in [0.25, 0.3) is 11.8 Å². The molecule has 0 radical (unpaired) electrons. The van der Waals surface area contributed by atoms with Crippen LogP contribution in [0, 0.1) is 10.1 Å². The number of non-ortho nitro benzene ring substituents is 1. The van der Waals surface area contributed by atoms with Gasteiger partial charge in [-0.25, -0.2) is 5.43 Å². The Hall–Kier alpha value is -5.57. The Balaban J connectivity index is 1.49. The van der Waals surface area contributed by atoms with Crippen LogP contribution >= 0.6 is 0 Å². The van der Waals surface area contributed by atoms with Crippen LogP contribution in [0.5, 0.6) is 0 Å². The number of hydrogen-bond acceptors (Lipinski definition) is 5. The molecule has 2 N–H and O–H groups in total. The summed E-state index contributed by atoms with van der Waals surface area (Å²) >= 11 is 0. The van der Waals surface area contributed by atoms with Crippen molar-refractivity contribution in [3.8, 4) is 5.69 Å². The SMILES string of the molecule is O=C(N/N=C\c1cccn1-c1ccc([N+](=O)[O-])cc1)/C(=C/C=C/c1ccccc1)NC(=O)c1ccccc1. The number of nitro benzene ring substituents is 1. The summed E-state index contributed by atoms with van der Waals surface area (Å²) in [6.07, 6.45) is 8.18. The summed E-state index contributed by atoms with van der Waals surface area (Å²) in [7, 11) is 0. The number of rotatable bonds is 9. The Bertz CT molecular complexity index is 1510. The lowest BCUT2D eigenvalue weighted by Crippen LogP contribution is -2.32. The topological polar surface area (TPSA) is 119 Å². The Morgan fingerprint density at radius 2 is 1.55 bits per heavy atom. The first-order valence-electron chi connectivity index (χ1n) is 11.6. The number of hydrogen-bond donors (Lipinski definition) is 2. The van der Waals surface area contributed by atoms with Crippen molar-refractivity contribution in [1.82, 2.24) is 15.3 Å². The minimum Gasteiger partial charge on any atom is -0.317 e. The minimum atomic E-state index is -0.614. The van der Waals surface area contributed by atoms with Gasteiger partial charge in [0.05, 0.1) is 16.8 Å². The number of hydrazone groups is 1. The van der Waals surface area contributed by atoms with Crippen LogP contribution in [-0.2, 0) is 4.79 Å². The molecule has 9 nitrogen and oxygen atoms in total. The smallest absolute Gasteiger partial charge is 0.287 e. The lowest BCUT2D eigenvalue weighted by Gasteiger charge is -2.09. The van der Waals surface area contributed by atoms with E-state index in [4.69, 9.17) is 0 Å². The van der Waals surface area contributed by atoms with E-state index in [1.807, 2.05) is 36.4 Å². The Labute approximate surface area is 218 Å². The standard InChI is InChI=1S/C29H23N5O4/c35-28(23-12-5-2-6-13-23)31-27(15-7-11-22-9-3-1-4-10-22)29(36)32-30-21-26-14-8-20-33(26)24-16-18-25(19-17-24)34(37)38/h1-21H,(H,31,35)(H,32,36)/b11-7+,27-15-,30-21-. The molecule has 0 aliphatic heterocycles. The molecular weight excluding hydrogens is 482 g/mol. The van der Waals surface area contributed by atoms with Gasteiger partial charge in [0, 0.05) is 29.6 Å². The lowest BCUT2D eigenvalue weighted by atomic mass is 10.2. The number of allylic oxidation sites excluding steroid dienone is 2. The highest BCUT2D eigenvalue weighted by Crippen LogP contribution is 2.17. The summed E-state index contributed by atoms with van der Waals surface area (Å²) < 4.78 is 1.76. The van der Waals surface area contributed by atoms with Crippen LogP contribution in [0.4, 0.5) is 5.69 Å². The zero-order valence-corrected chi connectivity index (χ0v) is 20.1. The fraction of sp³-hybridized carbons (Fsp3) is 0. The van der Waals surface area contributed by atoms with Crippen molar-refractivity contribution in [2.45, 2.75) is 0 Å². The van der Waals surface area contributed by atoms with Crippen LogP contribution in [0.3, 0.4) is 0 Å². The van der Waals surface area contributed by atoms with Crippen molar-refractivity contribution in [3.63, 3.8) is 0 Å². The van der Waals surface area contributed by atoms with Gasteiger partial charge in [0.15, 0.2) is 0 Å². The third kappa shape index (κ3) is 6.76. The highest BCUT2D eigenvalue weighted by molar-refractivity contribution is 6.03. The van der Waals surface area contributed by atoms with E-state index < -0.39 is 16.7 Å². The van der Waals surface area contributed by atoms with Crippen LogP contribution in [0.2, 0.25) is 0 Å². The first kappa shape index (κ1) is 25.5. The van der Waals surface area contributed by atoms with Gasteiger partial charge in [-0.3, -0.25) is 19.7 Å². The molecule has 4 rings (SSSR count). The molecule has 0 aliphatic carbocycles. The van der Waals surface area contributed by atoms with Gasteiger partial charge >= 0.3 is 0 Å². The van der Waals surface area contributed by atoms with Gasteiger partial charge in [0.2, 0.25) is 0 Å². The average Bonchev–Trinajstić information content (AvgIpc) is 3.42. The maximum atomic E-state index is 12.9. The van der Waals surface area contributed by atoms with E-state index in [9.17, 15) is 19.7 Å². The van der Waals surface area contributed by atoms with Crippen LogP contribution < -0.4 is 10.7 Å². The molecule has 0 saturated carbocycles. The largest absolute Gasteiger partial charge is 0.317 e. The molecule has 9 heteroatoms. The minimum absolute atomic E-state index is 0.00827. The number of carbonyl (C=O) groups excluding carboxylic acids is 2. The second-order valence-corrected chi connectivity index (χ2v) is 7.95. The molecule has 0 fully saturated rings. The molecule has 0 saturated heterocycles. The molecule has 0 aliphatic rings. The fourth-order valence-corrected chi connectivity index (χ4v) is 3.46. The highest BCUT2D eigenvalue weighted by atomic mass is 16.6. The fourth-order valence-electron chi connectivity index (χ4n) is 3.46. The highest BCUT2D eigenvalue weighted by Gasteiger charge is 2.13. The van der Waals surface area contributed by atoms with Gasteiger partial charge in [-0.05, 0) is 48.0 Å². The molecule has 0 unspecified atom stereocenters. The zero-order valence-electron chi connectivity index (χ0n) is 20.1. The van der Waals surface area contributed by atoms with Crippen molar-refractivity contribution >= 4 is 29.8 Å². The molecule has 3 aromatic carbocycles. The van der Waals surface area contributed by atoms with E-state index in [1.165, 1.54) is 24.4 Å². The normalized spacial score (nSPS) is 11.5. The van der Waals surface area contributed by atoms with Crippen LogP contribution in [0.15, 0.2) is 126 Å². The molecule has 0 spiro atoms. The van der Waals surface area contributed by atoms with Gasteiger partial charge in [0.25, 0.3) is 17.5 Å². The van der Waals surface area contributed by atoms with Gasteiger partial charge in [-0.1, -0.05) is 60.7 Å². The molecule has 4 aromatic rings. The first-order valence-corrected chi connectivity index (χ1v) is 11.6. The van der Waals surface area contributed by atoms with E-state index >= 15 is 0 Å². The number of nitrogens with zero attached hydrogens (tertiary/aromatic N) is 3. The third-order valence-corrected chi connectivity index (χ3v) is 5.36. The van der Waals surface area contributed by atoms with Crippen molar-refractivity contribution in [2.75, 3.05) is 0 Å². The van der Waals surface area contributed by atoms with Crippen molar-refractivity contribution in [1.29, 1.82) is 0 Å². The van der Waals surface area contributed by atoms with Crippen LogP contribution in [-0.4, -0.2) is 27.5 Å². The number of nitro groups is 1. The van der Waals surface area contributed by atoms with Gasteiger partial charge in [0.1, 0.15) is 5.70 Å². The molecule has 1 heterocycles. The van der Waals surface area contributed by atoms with Crippen molar-refractivity contribution < 1.29 is 14.5 Å². The van der Waals surface area contributed by atoms with Gasteiger partial charge < -0.3 is 9.88 Å². The van der Waals surface area contributed by atoms with Gasteiger partial charge in [-0.2, -0.15) is 5.10 Å². The summed E-state index contributed by atoms with van der Waals surface area (Å²) in [5, 5.41) is 17.6. The van der Waals surface area contributed by atoms with E-state index in [0.29, 0.717) is 16.9 Å². The molecule has 2 amide bonds. The zero-order chi connectivity index (χ0) is 26.7. The molecule has 188 valence electrons. The summed E-state index contributed by atoms with van der Waals surface area (Å²) in [5.74, 6) is -1.05. The Morgan fingerprint density at radius 1 is 0.868 bits per heavy atom. The number of nitrogens with one attached hydrogen (secondary N) is 2. The Morgan fingerprint density at radius 3 is 2.24 bits per heavy atom. The van der Waals surface area contributed by atoms with E-state index in [1.54, 1.807) is 71.4 Å². The molecule has 1 aromatic heterocycles. The predicted molar refractivity (Wildman–Crippen MR) is 146 cm³/mol. The monoisotopic (exact) mass is 505 g/mol. The second kappa shape index (κ2) is 12.4. The quantitative estimate of drug-likeness (QED) is 0.111. The molecule has 0 bridgehead atoms. The number of aromatic nitrogens is 1. The number of benzene rings is 3. The average molecular weight is 506 g/mol. The predicted octanol–water partition coefficient (Wildman–Crippen LogP) is 4.86. The van der Waals surface area contributed by atoms with Crippen molar-refractivity contribution in [3.05, 3.63) is 148 Å². The summed E-state index contributed by atoms with van der Waals surface area (Å²) in [5.41, 5.74) is 5.09. The first-order chi connectivity index (χ1) is 18.5.